The van der Waals surface area contributed by atoms with Gasteiger partial charge in [0.05, 0.1) is 10.0 Å². The molecule has 0 aliphatic carbocycles. The van der Waals surface area contributed by atoms with Gasteiger partial charge in [-0.3, -0.25) is 0 Å². The zero-order chi connectivity index (χ0) is 15.4. The summed E-state index contributed by atoms with van der Waals surface area (Å²) >= 11 is 12.0. The van der Waals surface area contributed by atoms with Crippen LogP contribution in [-0.4, -0.2) is 9.97 Å². The number of rotatable bonds is 5. The quantitative estimate of drug-likeness (QED) is 0.693. The third kappa shape index (κ3) is 3.90. The van der Waals surface area contributed by atoms with Gasteiger partial charge < -0.3 is 4.98 Å². The fourth-order valence-electron chi connectivity index (χ4n) is 2.40. The first-order valence-electron chi connectivity index (χ1n) is 7.21. The van der Waals surface area contributed by atoms with E-state index in [-0.39, 0.29) is 0 Å². The van der Waals surface area contributed by atoms with Crippen molar-refractivity contribution in [1.82, 2.24) is 9.97 Å². The molecule has 0 unspecified atom stereocenters. The zero-order valence-electron chi connectivity index (χ0n) is 12.0. The molecule has 0 fully saturated rings. The van der Waals surface area contributed by atoms with E-state index in [2.05, 4.69) is 34.2 Å². The Kier molecular flexibility index (Phi) is 4.81. The Balaban J connectivity index is 1.62. The molecule has 0 atom stereocenters. The third-order valence-corrected chi connectivity index (χ3v) is 4.29. The lowest BCUT2D eigenvalue weighted by Gasteiger charge is -2.02. The van der Waals surface area contributed by atoms with Gasteiger partial charge in [0.15, 0.2) is 0 Å². The van der Waals surface area contributed by atoms with Crippen LogP contribution in [-0.2, 0) is 19.3 Å². The molecule has 0 bridgehead atoms. The Bertz CT molecular complexity index is 751. The van der Waals surface area contributed by atoms with Crippen LogP contribution in [0.2, 0.25) is 10.0 Å². The second-order valence-corrected chi connectivity index (χ2v) is 6.08. The number of hydrogen-bond acceptors (Lipinski definition) is 1. The molecular formula is C18H16Cl2N2. The fraction of sp³-hybridized carbons (Fsp3) is 0.167. The SMILES string of the molecule is Clc1ccc(Cc2cnc(CCc3ccccc3)[nH]2)cc1Cl. The van der Waals surface area contributed by atoms with Crippen LogP contribution in [0.25, 0.3) is 0 Å². The van der Waals surface area contributed by atoms with Crippen molar-refractivity contribution in [1.29, 1.82) is 0 Å². The summed E-state index contributed by atoms with van der Waals surface area (Å²) in [6.45, 7) is 0. The Morgan fingerprint density at radius 1 is 0.864 bits per heavy atom. The van der Waals surface area contributed by atoms with E-state index in [1.807, 2.05) is 30.5 Å². The summed E-state index contributed by atoms with van der Waals surface area (Å²) in [5.74, 6) is 1.01. The Labute approximate surface area is 140 Å². The summed E-state index contributed by atoms with van der Waals surface area (Å²) in [5, 5.41) is 1.17. The predicted molar refractivity (Wildman–Crippen MR) is 91.7 cm³/mol. The summed E-state index contributed by atoms with van der Waals surface area (Å²) < 4.78 is 0. The van der Waals surface area contributed by atoms with Crippen molar-refractivity contribution in [3.05, 3.63) is 87.4 Å². The van der Waals surface area contributed by atoms with E-state index in [1.54, 1.807) is 0 Å². The summed E-state index contributed by atoms with van der Waals surface area (Å²) in [4.78, 5) is 7.83. The maximum atomic E-state index is 6.05. The number of aromatic amines is 1. The van der Waals surface area contributed by atoms with E-state index in [0.29, 0.717) is 10.0 Å². The molecule has 2 aromatic carbocycles. The van der Waals surface area contributed by atoms with Crippen molar-refractivity contribution >= 4 is 23.2 Å². The molecule has 1 heterocycles. The summed E-state index contributed by atoms with van der Waals surface area (Å²) in [6, 6.07) is 16.1. The molecular weight excluding hydrogens is 315 g/mol. The molecule has 22 heavy (non-hydrogen) atoms. The largest absolute Gasteiger partial charge is 0.346 e. The van der Waals surface area contributed by atoms with Gasteiger partial charge in [0, 0.05) is 24.7 Å². The number of hydrogen-bond donors (Lipinski definition) is 1. The van der Waals surface area contributed by atoms with Crippen molar-refractivity contribution in [3.8, 4) is 0 Å². The molecule has 0 aliphatic heterocycles. The number of aromatic nitrogens is 2. The minimum Gasteiger partial charge on any atom is -0.346 e. The number of imidazole rings is 1. The lowest BCUT2D eigenvalue weighted by Crippen LogP contribution is -1.94. The smallest absolute Gasteiger partial charge is 0.106 e. The predicted octanol–water partition coefficient (Wildman–Crippen LogP) is 5.09. The molecule has 0 saturated heterocycles. The van der Waals surface area contributed by atoms with Gasteiger partial charge in [0.25, 0.3) is 0 Å². The van der Waals surface area contributed by atoms with Crippen molar-refractivity contribution in [2.45, 2.75) is 19.3 Å². The summed E-state index contributed by atoms with van der Waals surface area (Å²) in [6.07, 6.45) is 4.56. The molecule has 4 heteroatoms. The summed E-state index contributed by atoms with van der Waals surface area (Å²) in [5.41, 5.74) is 3.53. The van der Waals surface area contributed by atoms with Crippen molar-refractivity contribution in [2.75, 3.05) is 0 Å². The average molecular weight is 331 g/mol. The molecule has 1 N–H and O–H groups in total. The first-order chi connectivity index (χ1) is 10.7. The Morgan fingerprint density at radius 2 is 1.68 bits per heavy atom. The topological polar surface area (TPSA) is 28.7 Å². The van der Waals surface area contributed by atoms with Crippen molar-refractivity contribution in [2.24, 2.45) is 0 Å². The van der Waals surface area contributed by atoms with Gasteiger partial charge in [-0.15, -0.1) is 0 Å². The minimum atomic E-state index is 0.582. The van der Waals surface area contributed by atoms with Crippen LogP contribution in [0.4, 0.5) is 0 Å². The highest BCUT2D eigenvalue weighted by atomic mass is 35.5. The number of halogens is 2. The third-order valence-electron chi connectivity index (χ3n) is 3.55. The maximum Gasteiger partial charge on any atom is 0.106 e. The highest BCUT2D eigenvalue weighted by Gasteiger charge is 2.05. The van der Waals surface area contributed by atoms with E-state index in [1.165, 1.54) is 5.56 Å². The second-order valence-electron chi connectivity index (χ2n) is 5.27. The highest BCUT2D eigenvalue weighted by molar-refractivity contribution is 6.42. The molecule has 3 rings (SSSR count). The van der Waals surface area contributed by atoms with Crippen LogP contribution in [0, 0.1) is 0 Å². The summed E-state index contributed by atoms with van der Waals surface area (Å²) in [7, 11) is 0. The van der Waals surface area contributed by atoms with Gasteiger partial charge in [-0.25, -0.2) is 4.98 Å². The van der Waals surface area contributed by atoms with E-state index in [4.69, 9.17) is 23.2 Å². The van der Waals surface area contributed by atoms with Crippen LogP contribution in [0.1, 0.15) is 22.6 Å². The first-order valence-corrected chi connectivity index (χ1v) is 7.97. The number of nitrogens with zero attached hydrogens (tertiary/aromatic N) is 1. The van der Waals surface area contributed by atoms with Crippen LogP contribution in [0.3, 0.4) is 0 Å². The lowest BCUT2D eigenvalue weighted by atomic mass is 10.1. The number of aryl methyl sites for hydroxylation is 2. The number of benzene rings is 2. The van der Waals surface area contributed by atoms with Crippen LogP contribution in [0.15, 0.2) is 54.7 Å². The molecule has 0 radical (unpaired) electrons. The monoisotopic (exact) mass is 330 g/mol. The molecule has 0 amide bonds. The maximum absolute atomic E-state index is 6.05. The standard InChI is InChI=1S/C18H16Cl2N2/c19-16-8-6-14(11-17(16)20)10-15-12-21-18(22-15)9-7-13-4-2-1-3-5-13/h1-6,8,11-12H,7,9-10H2,(H,21,22). The van der Waals surface area contributed by atoms with Gasteiger partial charge in [-0.2, -0.15) is 0 Å². The van der Waals surface area contributed by atoms with Crippen molar-refractivity contribution in [3.63, 3.8) is 0 Å². The number of H-pyrrole nitrogens is 1. The zero-order valence-corrected chi connectivity index (χ0v) is 13.5. The molecule has 3 aromatic rings. The van der Waals surface area contributed by atoms with Gasteiger partial charge in [-0.05, 0) is 29.7 Å². The first kappa shape index (κ1) is 15.1. The van der Waals surface area contributed by atoms with Gasteiger partial charge in [0.2, 0.25) is 0 Å². The van der Waals surface area contributed by atoms with E-state index in [9.17, 15) is 0 Å². The van der Waals surface area contributed by atoms with Crippen LogP contribution >= 0.6 is 23.2 Å². The Morgan fingerprint density at radius 3 is 2.45 bits per heavy atom. The van der Waals surface area contributed by atoms with Gasteiger partial charge in [0.1, 0.15) is 5.82 Å². The number of nitrogens with one attached hydrogen (secondary N) is 1. The molecule has 0 aliphatic rings. The molecule has 0 saturated carbocycles. The minimum absolute atomic E-state index is 0.582. The molecule has 112 valence electrons. The second kappa shape index (κ2) is 6.99. The van der Waals surface area contributed by atoms with Crippen molar-refractivity contribution < 1.29 is 0 Å². The molecule has 0 spiro atoms. The van der Waals surface area contributed by atoms with E-state index < -0.39 is 0 Å². The Hall–Kier alpha value is -1.77. The molecule has 2 nitrogen and oxygen atoms in total. The van der Waals surface area contributed by atoms with Gasteiger partial charge >= 0.3 is 0 Å². The average Bonchev–Trinajstić information content (AvgIpc) is 2.97. The fourth-order valence-corrected chi connectivity index (χ4v) is 2.72. The lowest BCUT2D eigenvalue weighted by molar-refractivity contribution is 0.877. The van der Waals surface area contributed by atoms with Gasteiger partial charge in [-0.1, -0.05) is 59.6 Å². The highest BCUT2D eigenvalue weighted by Crippen LogP contribution is 2.23. The van der Waals surface area contributed by atoms with Crippen LogP contribution in [0.5, 0.6) is 0 Å². The van der Waals surface area contributed by atoms with Crippen LogP contribution < -0.4 is 0 Å². The van der Waals surface area contributed by atoms with E-state index >= 15 is 0 Å². The van der Waals surface area contributed by atoms with E-state index in [0.717, 1.165) is 36.3 Å². The normalized spacial score (nSPS) is 10.8. The molecule has 1 aromatic heterocycles.